The van der Waals surface area contributed by atoms with Crippen molar-refractivity contribution >= 4 is 51.2 Å². The van der Waals surface area contributed by atoms with Crippen molar-refractivity contribution in [2.45, 2.75) is 72.6 Å². The zero-order valence-corrected chi connectivity index (χ0v) is 25.4. The highest BCUT2D eigenvalue weighted by Crippen LogP contribution is 2.42. The first-order chi connectivity index (χ1) is 20.0. The number of aromatic amines is 2. The first-order valence-corrected chi connectivity index (χ1v) is 14.4. The highest BCUT2D eigenvalue weighted by molar-refractivity contribution is 6.02. The van der Waals surface area contributed by atoms with Crippen molar-refractivity contribution < 1.29 is 19.4 Å². The monoisotopic (exact) mass is 566 g/mol. The van der Waals surface area contributed by atoms with Crippen LogP contribution in [0.4, 0.5) is 0 Å². The highest BCUT2D eigenvalue weighted by Gasteiger charge is 2.32. The summed E-state index contributed by atoms with van der Waals surface area (Å²) in [7, 11) is 1.39. The Bertz CT molecular complexity index is 1840. The predicted molar refractivity (Wildman–Crippen MR) is 167 cm³/mol. The average molecular weight is 567 g/mol. The molecule has 0 aliphatic carbocycles. The van der Waals surface area contributed by atoms with Gasteiger partial charge in [-0.05, 0) is 86.6 Å². The maximum atomic E-state index is 12.6. The number of aryl methyl sites for hydroxylation is 3. The summed E-state index contributed by atoms with van der Waals surface area (Å²) in [6.45, 7) is 16.2. The fourth-order valence-corrected chi connectivity index (χ4v) is 6.42. The lowest BCUT2D eigenvalue weighted by atomic mass is 9.86. The van der Waals surface area contributed by atoms with Crippen molar-refractivity contribution in [2.75, 3.05) is 7.11 Å². The van der Waals surface area contributed by atoms with Crippen LogP contribution >= 0.6 is 0 Å². The first kappa shape index (κ1) is 29.0. The van der Waals surface area contributed by atoms with E-state index in [9.17, 15) is 14.7 Å². The lowest BCUT2D eigenvalue weighted by Crippen LogP contribution is -2.08. The minimum atomic E-state index is -1.01. The van der Waals surface area contributed by atoms with E-state index in [1.54, 1.807) is 0 Å². The average Bonchev–Trinajstić information content (AvgIpc) is 3.64. The van der Waals surface area contributed by atoms with Crippen LogP contribution in [-0.2, 0) is 9.53 Å². The van der Waals surface area contributed by atoms with E-state index in [0.717, 1.165) is 68.1 Å². The number of rotatable bonds is 6. The summed E-state index contributed by atoms with van der Waals surface area (Å²) in [6, 6.07) is 6.07. The van der Waals surface area contributed by atoms with E-state index in [1.165, 1.54) is 7.11 Å². The molecule has 2 aliphatic rings. The molecule has 8 heteroatoms. The Hall–Kier alpha value is -4.46. The van der Waals surface area contributed by atoms with Crippen molar-refractivity contribution in [3.63, 3.8) is 0 Å². The van der Waals surface area contributed by atoms with E-state index in [-0.39, 0.29) is 29.8 Å². The fourth-order valence-electron chi connectivity index (χ4n) is 6.42. The van der Waals surface area contributed by atoms with Crippen molar-refractivity contribution in [3.05, 3.63) is 75.4 Å². The minimum absolute atomic E-state index is 0.0128. The van der Waals surface area contributed by atoms with Gasteiger partial charge >= 0.3 is 11.9 Å². The van der Waals surface area contributed by atoms with Crippen LogP contribution in [0.3, 0.4) is 0 Å². The van der Waals surface area contributed by atoms with Gasteiger partial charge in [0, 0.05) is 51.8 Å². The molecule has 42 heavy (non-hydrogen) atoms. The van der Waals surface area contributed by atoms with Gasteiger partial charge in [-0.15, -0.1) is 0 Å². The minimum Gasteiger partial charge on any atom is -0.478 e. The van der Waals surface area contributed by atoms with Gasteiger partial charge in [-0.3, -0.25) is 9.78 Å². The largest absolute Gasteiger partial charge is 0.478 e. The molecule has 0 amide bonds. The van der Waals surface area contributed by atoms with Crippen LogP contribution < -0.4 is 0 Å². The number of methoxy groups -OCH3 is 1. The third-order valence-corrected chi connectivity index (χ3v) is 8.99. The number of nitrogens with one attached hydrogen (secondary N) is 2. The number of H-pyrrole nitrogens is 2. The van der Waals surface area contributed by atoms with Gasteiger partial charge < -0.3 is 19.8 Å². The smallest absolute Gasteiger partial charge is 0.338 e. The quantitative estimate of drug-likeness (QED) is 0.262. The van der Waals surface area contributed by atoms with E-state index >= 15 is 0 Å². The third-order valence-electron chi connectivity index (χ3n) is 8.99. The van der Waals surface area contributed by atoms with Gasteiger partial charge in [0.2, 0.25) is 0 Å². The maximum Gasteiger partial charge on any atom is 0.338 e. The van der Waals surface area contributed by atoms with Gasteiger partial charge in [0.25, 0.3) is 0 Å². The van der Waals surface area contributed by atoms with E-state index in [2.05, 4.69) is 56.4 Å². The number of aromatic nitrogens is 4. The van der Waals surface area contributed by atoms with Crippen LogP contribution in [0.15, 0.2) is 24.8 Å². The van der Waals surface area contributed by atoms with Crippen molar-refractivity contribution in [1.29, 1.82) is 0 Å². The van der Waals surface area contributed by atoms with Crippen LogP contribution in [0.2, 0.25) is 0 Å². The molecule has 2 atom stereocenters. The molecule has 5 rings (SSSR count). The maximum absolute atomic E-state index is 12.6. The molecule has 0 unspecified atom stereocenters. The summed E-state index contributed by atoms with van der Waals surface area (Å²) in [5, 5.41) is 10.3. The second-order valence-corrected chi connectivity index (χ2v) is 11.2. The van der Waals surface area contributed by atoms with Gasteiger partial charge in [-0.1, -0.05) is 26.5 Å². The highest BCUT2D eigenvalue weighted by atomic mass is 16.5. The Morgan fingerprint density at radius 1 is 1.00 bits per heavy atom. The number of carboxylic acid groups (broad SMARTS) is 1. The number of hydrogen-bond acceptors (Lipinski definition) is 5. The zero-order valence-electron chi connectivity index (χ0n) is 25.4. The van der Waals surface area contributed by atoms with E-state index in [4.69, 9.17) is 14.7 Å². The van der Waals surface area contributed by atoms with E-state index in [0.29, 0.717) is 23.0 Å². The zero-order chi connectivity index (χ0) is 30.5. The number of ether oxygens (including phenoxy) is 1. The molecule has 8 bridgehead atoms. The number of carbonyl (C=O) groups excluding carboxylic acids is 1. The number of hydrogen-bond donors (Lipinski definition) is 3. The Balaban J connectivity index is 1.96. The van der Waals surface area contributed by atoms with Crippen molar-refractivity contribution in [2.24, 2.45) is 0 Å². The number of fused-ring (bicyclic) bond motifs is 8. The normalized spacial score (nSPS) is 16.5. The molecule has 0 radical (unpaired) electrons. The molecule has 0 saturated heterocycles. The molecule has 8 nitrogen and oxygen atoms in total. The summed E-state index contributed by atoms with van der Waals surface area (Å²) in [5.74, 6) is -1.40. The van der Waals surface area contributed by atoms with Crippen LogP contribution in [0.25, 0.3) is 39.3 Å². The van der Waals surface area contributed by atoms with Crippen molar-refractivity contribution in [3.8, 4) is 0 Å². The number of nitrogens with zero attached hydrogens (tertiary/aromatic N) is 2. The molecular weight excluding hydrogens is 528 g/mol. The molecule has 3 aromatic heterocycles. The summed E-state index contributed by atoms with van der Waals surface area (Å²) in [5.41, 5.74) is 12.3. The van der Waals surface area contributed by atoms with Gasteiger partial charge in [-0.25, -0.2) is 9.78 Å². The number of carboxylic acids is 1. The second-order valence-electron chi connectivity index (χ2n) is 11.2. The van der Waals surface area contributed by atoms with Crippen LogP contribution in [-0.4, -0.2) is 44.1 Å². The van der Waals surface area contributed by atoms with E-state index in [1.807, 2.05) is 26.0 Å². The second kappa shape index (κ2) is 11.1. The standard InChI is InChI=1S/C34H38N4O4/c1-9-21-16(3)24-13-26-18(5)23(11-12-30(39)42-8)32(37-26)20(7)33-31(34(40)41)19(6)27(38-33)15-29-22(10-2)17(4)25(36-29)14-28(21)35-24/h9,13-15,18,23,35,38H,1,10-12H2,2-8H3,(H,40,41)/t18-,23-/m0/s1. The van der Waals surface area contributed by atoms with Gasteiger partial charge in [0.05, 0.1) is 29.6 Å². The molecule has 0 fully saturated rings. The summed E-state index contributed by atoms with van der Waals surface area (Å²) < 4.78 is 4.93. The summed E-state index contributed by atoms with van der Waals surface area (Å²) in [4.78, 5) is 41.9. The SMILES string of the molecule is C=Cc1c(C)c2cc3nc(c(C)c4[nH]c(cc5nc(cc1[nH]2)C(C)=C5CC)c(C)c4C(=O)O)[C@@H](CCC(=O)OC)[C@@H]3C. The molecule has 5 heterocycles. The van der Waals surface area contributed by atoms with Crippen LogP contribution in [0, 0.1) is 20.8 Å². The van der Waals surface area contributed by atoms with Crippen LogP contribution in [0.5, 0.6) is 0 Å². The lowest BCUT2D eigenvalue weighted by Gasteiger charge is -2.16. The number of aromatic carboxylic acids is 1. The first-order valence-electron chi connectivity index (χ1n) is 14.4. The number of esters is 1. The van der Waals surface area contributed by atoms with E-state index < -0.39 is 5.97 Å². The molecular formula is C34H38N4O4. The molecule has 2 aliphatic heterocycles. The Labute approximate surface area is 245 Å². The number of allylic oxidation sites excluding steroid dienone is 2. The Morgan fingerprint density at radius 2 is 1.69 bits per heavy atom. The Kier molecular flexibility index (Phi) is 7.66. The topological polar surface area (TPSA) is 121 Å². The fraction of sp³-hybridized carbons (Fsp3) is 0.353. The molecule has 3 N–H and O–H groups in total. The molecule has 0 aromatic carbocycles. The number of carbonyl (C=O) groups is 2. The molecule has 0 saturated carbocycles. The van der Waals surface area contributed by atoms with Crippen molar-refractivity contribution in [1.82, 2.24) is 19.9 Å². The summed E-state index contributed by atoms with van der Waals surface area (Å²) >= 11 is 0. The van der Waals surface area contributed by atoms with Crippen LogP contribution in [0.1, 0.15) is 107 Å². The lowest BCUT2D eigenvalue weighted by molar-refractivity contribution is -0.140. The van der Waals surface area contributed by atoms with Gasteiger partial charge in [0.1, 0.15) is 0 Å². The molecule has 218 valence electrons. The summed E-state index contributed by atoms with van der Waals surface area (Å²) in [6.07, 6.45) is 3.42. The predicted octanol–water partition coefficient (Wildman–Crippen LogP) is 7.76. The van der Waals surface area contributed by atoms with Gasteiger partial charge in [-0.2, -0.15) is 0 Å². The van der Waals surface area contributed by atoms with Gasteiger partial charge in [0.15, 0.2) is 0 Å². The third kappa shape index (κ3) is 4.74. The molecule has 0 spiro atoms. The Morgan fingerprint density at radius 3 is 2.33 bits per heavy atom. The molecule has 3 aromatic rings.